The van der Waals surface area contributed by atoms with Crippen LogP contribution in [0.15, 0.2) is 77.1 Å². The standard InChI is InChI=1S/C26H27NO4/c1-4-31-26(29)23-16(2)27-21-14-19(17-9-6-5-7-10-17)15-22(28)25(21)24(23)18-11-8-12-20(13-18)30-3/h5-13,19,24,27H,4,14-15H2,1-3H3/t19-,24-/m0/s1. The zero-order valence-corrected chi connectivity index (χ0v) is 18.1. The van der Waals surface area contributed by atoms with E-state index in [-0.39, 0.29) is 18.3 Å². The molecule has 0 bridgehead atoms. The fourth-order valence-electron chi connectivity index (χ4n) is 4.63. The number of hydrogen-bond acceptors (Lipinski definition) is 5. The van der Waals surface area contributed by atoms with Crippen LogP contribution in [0.1, 0.15) is 49.7 Å². The van der Waals surface area contributed by atoms with E-state index in [4.69, 9.17) is 9.47 Å². The van der Waals surface area contributed by atoms with Gasteiger partial charge in [0.25, 0.3) is 0 Å². The van der Waals surface area contributed by atoms with Gasteiger partial charge < -0.3 is 14.8 Å². The van der Waals surface area contributed by atoms with Gasteiger partial charge in [0.05, 0.1) is 19.3 Å². The van der Waals surface area contributed by atoms with Crippen LogP contribution in [0.4, 0.5) is 0 Å². The number of esters is 1. The van der Waals surface area contributed by atoms with E-state index in [1.54, 1.807) is 14.0 Å². The summed E-state index contributed by atoms with van der Waals surface area (Å²) < 4.78 is 10.8. The summed E-state index contributed by atoms with van der Waals surface area (Å²) in [5, 5.41) is 3.37. The number of hydrogen-bond donors (Lipinski definition) is 1. The van der Waals surface area contributed by atoms with Gasteiger partial charge in [0, 0.05) is 29.3 Å². The van der Waals surface area contributed by atoms with E-state index < -0.39 is 11.9 Å². The van der Waals surface area contributed by atoms with E-state index in [9.17, 15) is 9.59 Å². The number of benzene rings is 2. The molecule has 0 saturated carbocycles. The molecule has 0 fully saturated rings. The number of Topliss-reactive ketones (excluding diaryl/α,β-unsaturated/α-hetero) is 1. The average molecular weight is 418 g/mol. The molecule has 31 heavy (non-hydrogen) atoms. The molecule has 0 amide bonds. The van der Waals surface area contributed by atoms with Gasteiger partial charge in [-0.15, -0.1) is 0 Å². The summed E-state index contributed by atoms with van der Waals surface area (Å²) in [5.74, 6) is -0.0171. The van der Waals surface area contributed by atoms with E-state index in [0.717, 1.165) is 28.9 Å². The lowest BCUT2D eigenvalue weighted by Crippen LogP contribution is -2.36. The molecule has 5 heteroatoms. The van der Waals surface area contributed by atoms with Crippen LogP contribution >= 0.6 is 0 Å². The van der Waals surface area contributed by atoms with Crippen molar-refractivity contribution in [2.75, 3.05) is 13.7 Å². The summed E-state index contributed by atoms with van der Waals surface area (Å²) in [5.41, 5.74) is 4.77. The smallest absolute Gasteiger partial charge is 0.336 e. The zero-order chi connectivity index (χ0) is 22.0. The first-order chi connectivity index (χ1) is 15.0. The summed E-state index contributed by atoms with van der Waals surface area (Å²) in [6.07, 6.45) is 1.14. The monoisotopic (exact) mass is 417 g/mol. The van der Waals surface area contributed by atoms with Crippen LogP contribution in [-0.4, -0.2) is 25.5 Å². The van der Waals surface area contributed by atoms with Gasteiger partial charge in [0.2, 0.25) is 0 Å². The second-order valence-electron chi connectivity index (χ2n) is 7.93. The van der Waals surface area contributed by atoms with Gasteiger partial charge in [-0.1, -0.05) is 42.5 Å². The Morgan fingerprint density at radius 3 is 2.52 bits per heavy atom. The number of allylic oxidation sites excluding steroid dienone is 3. The van der Waals surface area contributed by atoms with E-state index in [1.165, 1.54) is 0 Å². The van der Waals surface area contributed by atoms with Crippen molar-refractivity contribution in [3.05, 3.63) is 88.3 Å². The predicted molar refractivity (Wildman–Crippen MR) is 119 cm³/mol. The van der Waals surface area contributed by atoms with E-state index >= 15 is 0 Å². The molecule has 1 aliphatic heterocycles. The number of nitrogens with one attached hydrogen (secondary N) is 1. The Morgan fingerprint density at radius 1 is 1.06 bits per heavy atom. The Kier molecular flexibility index (Phi) is 5.94. The molecule has 160 valence electrons. The van der Waals surface area contributed by atoms with Crippen molar-refractivity contribution in [1.82, 2.24) is 5.32 Å². The number of rotatable bonds is 5. The normalized spacial score (nSPS) is 20.8. The Balaban J connectivity index is 1.81. The lowest BCUT2D eigenvalue weighted by Gasteiger charge is -2.36. The van der Waals surface area contributed by atoms with Crippen molar-refractivity contribution >= 4 is 11.8 Å². The topological polar surface area (TPSA) is 64.6 Å². The lowest BCUT2D eigenvalue weighted by atomic mass is 9.71. The lowest BCUT2D eigenvalue weighted by molar-refractivity contribution is -0.138. The minimum atomic E-state index is -0.477. The first kappa shape index (κ1) is 20.9. The summed E-state index contributed by atoms with van der Waals surface area (Å²) in [6.45, 7) is 3.93. The number of ether oxygens (including phenoxy) is 2. The Labute approximate surface area is 182 Å². The van der Waals surface area contributed by atoms with Crippen LogP contribution in [0.5, 0.6) is 5.75 Å². The molecule has 5 nitrogen and oxygen atoms in total. The number of methoxy groups -OCH3 is 1. The van der Waals surface area contributed by atoms with Crippen molar-refractivity contribution in [2.24, 2.45) is 0 Å². The van der Waals surface area contributed by atoms with Crippen LogP contribution in [0.25, 0.3) is 0 Å². The molecular weight excluding hydrogens is 390 g/mol. The fraction of sp³-hybridized carbons (Fsp3) is 0.308. The Bertz CT molecular complexity index is 1070. The third-order valence-electron chi connectivity index (χ3n) is 6.02. The molecule has 2 aliphatic rings. The van der Waals surface area contributed by atoms with Crippen molar-refractivity contribution < 1.29 is 19.1 Å². The largest absolute Gasteiger partial charge is 0.497 e. The van der Waals surface area contributed by atoms with Crippen LogP contribution in [0.2, 0.25) is 0 Å². The van der Waals surface area contributed by atoms with Crippen LogP contribution in [0.3, 0.4) is 0 Å². The second kappa shape index (κ2) is 8.80. The molecule has 2 aromatic carbocycles. The predicted octanol–water partition coefficient (Wildman–Crippen LogP) is 4.62. The van der Waals surface area contributed by atoms with Crippen LogP contribution in [-0.2, 0) is 14.3 Å². The van der Waals surface area contributed by atoms with E-state index in [2.05, 4.69) is 17.4 Å². The molecule has 0 spiro atoms. The fourth-order valence-corrected chi connectivity index (χ4v) is 4.63. The number of carbonyl (C=O) groups excluding carboxylic acids is 2. The maximum atomic E-state index is 13.5. The number of ketones is 1. The minimum Gasteiger partial charge on any atom is -0.497 e. The highest BCUT2D eigenvalue weighted by molar-refractivity contribution is 6.04. The van der Waals surface area contributed by atoms with Crippen LogP contribution < -0.4 is 10.1 Å². The quantitative estimate of drug-likeness (QED) is 0.719. The van der Waals surface area contributed by atoms with Crippen molar-refractivity contribution in [1.29, 1.82) is 0 Å². The molecule has 1 aliphatic carbocycles. The van der Waals surface area contributed by atoms with Gasteiger partial charge in [-0.05, 0) is 49.4 Å². The molecule has 1 heterocycles. The maximum absolute atomic E-state index is 13.5. The Morgan fingerprint density at radius 2 is 1.81 bits per heavy atom. The Hall–Kier alpha value is -3.34. The highest BCUT2D eigenvalue weighted by Gasteiger charge is 2.41. The van der Waals surface area contributed by atoms with E-state index in [1.807, 2.05) is 49.4 Å². The first-order valence-electron chi connectivity index (χ1n) is 10.6. The molecule has 2 aromatic rings. The molecule has 0 saturated heterocycles. The average Bonchev–Trinajstić information content (AvgIpc) is 2.78. The first-order valence-corrected chi connectivity index (χ1v) is 10.6. The molecule has 0 radical (unpaired) electrons. The summed E-state index contributed by atoms with van der Waals surface area (Å²) in [4.78, 5) is 26.4. The van der Waals surface area contributed by atoms with Crippen molar-refractivity contribution in [2.45, 2.75) is 38.5 Å². The summed E-state index contributed by atoms with van der Waals surface area (Å²) in [6, 6.07) is 17.7. The maximum Gasteiger partial charge on any atom is 0.336 e. The zero-order valence-electron chi connectivity index (χ0n) is 18.1. The van der Waals surface area contributed by atoms with Gasteiger partial charge >= 0.3 is 5.97 Å². The molecule has 0 unspecified atom stereocenters. The van der Waals surface area contributed by atoms with Gasteiger partial charge in [-0.2, -0.15) is 0 Å². The molecular formula is C26H27NO4. The molecule has 1 N–H and O–H groups in total. The molecule has 0 aromatic heterocycles. The van der Waals surface area contributed by atoms with Gasteiger partial charge in [0.15, 0.2) is 5.78 Å². The van der Waals surface area contributed by atoms with Crippen LogP contribution in [0, 0.1) is 0 Å². The van der Waals surface area contributed by atoms with E-state index in [0.29, 0.717) is 23.3 Å². The summed E-state index contributed by atoms with van der Waals surface area (Å²) >= 11 is 0. The third kappa shape index (κ3) is 4.00. The second-order valence-corrected chi connectivity index (χ2v) is 7.93. The molecule has 2 atom stereocenters. The number of dihydropyridines is 1. The van der Waals surface area contributed by atoms with Crippen molar-refractivity contribution in [3.8, 4) is 5.75 Å². The molecule has 4 rings (SSSR count). The van der Waals surface area contributed by atoms with Crippen molar-refractivity contribution in [3.63, 3.8) is 0 Å². The van der Waals surface area contributed by atoms with Gasteiger partial charge in [0.1, 0.15) is 5.75 Å². The van der Waals surface area contributed by atoms with Gasteiger partial charge in [-0.3, -0.25) is 4.79 Å². The highest BCUT2D eigenvalue weighted by Crippen LogP contribution is 2.46. The minimum absolute atomic E-state index is 0.0599. The summed E-state index contributed by atoms with van der Waals surface area (Å²) in [7, 11) is 1.61. The SMILES string of the molecule is CCOC(=O)C1=C(C)NC2=C(C(=O)C[C@@H](c3ccccc3)C2)[C@H]1c1cccc(OC)c1. The highest BCUT2D eigenvalue weighted by atomic mass is 16.5. The number of carbonyl (C=O) groups is 2. The third-order valence-corrected chi connectivity index (χ3v) is 6.02. The van der Waals surface area contributed by atoms with Gasteiger partial charge in [-0.25, -0.2) is 4.79 Å².